The lowest BCUT2D eigenvalue weighted by molar-refractivity contribution is -0.0549. The summed E-state index contributed by atoms with van der Waals surface area (Å²) in [6.07, 6.45) is 4.88. The summed E-state index contributed by atoms with van der Waals surface area (Å²) in [4.78, 5) is 12.1. The fourth-order valence-electron chi connectivity index (χ4n) is 5.18. The summed E-state index contributed by atoms with van der Waals surface area (Å²) in [6.45, 7) is 9.82. The SMILES string of the molecule is C[C@@H]1CN(c2ccc(C#N)c3ncccc23)C[C@@H](CN2CC(N3CCCC3)C2)O1. The maximum Gasteiger partial charge on any atom is 0.101 e. The van der Waals surface area contributed by atoms with Crippen LogP contribution in [0.5, 0.6) is 0 Å². The summed E-state index contributed by atoms with van der Waals surface area (Å²) < 4.78 is 6.30. The molecule has 6 nitrogen and oxygen atoms in total. The van der Waals surface area contributed by atoms with Crippen LogP contribution in [0.4, 0.5) is 5.69 Å². The number of anilines is 1. The van der Waals surface area contributed by atoms with E-state index in [9.17, 15) is 5.26 Å². The van der Waals surface area contributed by atoms with Gasteiger partial charge in [0.25, 0.3) is 0 Å². The van der Waals surface area contributed by atoms with Gasteiger partial charge in [0.2, 0.25) is 0 Å². The maximum absolute atomic E-state index is 9.42. The van der Waals surface area contributed by atoms with Gasteiger partial charge in [-0.3, -0.25) is 14.8 Å². The van der Waals surface area contributed by atoms with Crippen LogP contribution in [0.2, 0.25) is 0 Å². The van der Waals surface area contributed by atoms with Crippen molar-refractivity contribution in [3.63, 3.8) is 0 Å². The molecule has 6 heteroatoms. The topological polar surface area (TPSA) is 55.6 Å². The first-order chi connectivity index (χ1) is 14.2. The number of benzene rings is 1. The van der Waals surface area contributed by atoms with Gasteiger partial charge in [-0.25, -0.2) is 0 Å². The van der Waals surface area contributed by atoms with Gasteiger partial charge in [0.15, 0.2) is 0 Å². The van der Waals surface area contributed by atoms with E-state index in [-0.39, 0.29) is 12.2 Å². The molecule has 2 aromatic rings. The maximum atomic E-state index is 9.42. The number of nitriles is 1. The number of hydrogen-bond acceptors (Lipinski definition) is 6. The molecule has 152 valence electrons. The first-order valence-corrected chi connectivity index (χ1v) is 10.9. The molecule has 1 aromatic carbocycles. The highest BCUT2D eigenvalue weighted by molar-refractivity contribution is 5.95. The van der Waals surface area contributed by atoms with Crippen LogP contribution in [-0.2, 0) is 4.74 Å². The second-order valence-electron chi connectivity index (χ2n) is 8.73. The quantitative estimate of drug-likeness (QED) is 0.798. The van der Waals surface area contributed by atoms with E-state index >= 15 is 0 Å². The van der Waals surface area contributed by atoms with E-state index in [1.807, 2.05) is 12.1 Å². The number of aromatic nitrogens is 1. The molecule has 3 saturated heterocycles. The van der Waals surface area contributed by atoms with Crippen molar-refractivity contribution < 1.29 is 4.74 Å². The zero-order valence-corrected chi connectivity index (χ0v) is 17.1. The molecule has 3 aliphatic heterocycles. The lowest BCUT2D eigenvalue weighted by atomic mass is 10.0. The molecule has 0 spiro atoms. The zero-order valence-electron chi connectivity index (χ0n) is 17.1. The fraction of sp³-hybridized carbons (Fsp3) is 0.565. The van der Waals surface area contributed by atoms with Gasteiger partial charge in [-0.2, -0.15) is 5.26 Å². The normalized spacial score (nSPS) is 26.6. The molecular weight excluding hydrogens is 362 g/mol. The minimum atomic E-state index is 0.187. The molecule has 2 atom stereocenters. The summed E-state index contributed by atoms with van der Waals surface area (Å²) >= 11 is 0. The van der Waals surface area contributed by atoms with E-state index in [1.54, 1.807) is 6.20 Å². The van der Waals surface area contributed by atoms with E-state index < -0.39 is 0 Å². The fourth-order valence-corrected chi connectivity index (χ4v) is 5.18. The molecule has 0 amide bonds. The van der Waals surface area contributed by atoms with Crippen LogP contribution < -0.4 is 4.90 Å². The predicted octanol–water partition coefficient (Wildman–Crippen LogP) is 2.48. The Hall–Kier alpha value is -2.20. The second kappa shape index (κ2) is 7.91. The van der Waals surface area contributed by atoms with Gasteiger partial charge in [0.1, 0.15) is 6.07 Å². The van der Waals surface area contributed by atoms with Gasteiger partial charge in [-0.1, -0.05) is 0 Å². The van der Waals surface area contributed by atoms with Gasteiger partial charge in [-0.05, 0) is 57.1 Å². The average Bonchev–Trinajstić information content (AvgIpc) is 3.23. The summed E-state index contributed by atoms with van der Waals surface area (Å²) in [7, 11) is 0. The number of hydrogen-bond donors (Lipinski definition) is 0. The molecule has 0 radical (unpaired) electrons. The van der Waals surface area contributed by atoms with Crippen LogP contribution in [0.3, 0.4) is 0 Å². The smallest absolute Gasteiger partial charge is 0.101 e. The van der Waals surface area contributed by atoms with Gasteiger partial charge < -0.3 is 9.64 Å². The molecule has 0 N–H and O–H groups in total. The van der Waals surface area contributed by atoms with E-state index in [4.69, 9.17) is 4.74 Å². The number of morpholine rings is 1. The van der Waals surface area contributed by atoms with Crippen LogP contribution in [0.15, 0.2) is 30.5 Å². The number of ether oxygens (including phenoxy) is 1. The summed E-state index contributed by atoms with van der Waals surface area (Å²) in [5.74, 6) is 0. The monoisotopic (exact) mass is 391 g/mol. The van der Waals surface area contributed by atoms with Crippen LogP contribution in [0.25, 0.3) is 10.9 Å². The Bertz CT molecular complexity index is 913. The molecule has 1 aromatic heterocycles. The molecule has 4 heterocycles. The van der Waals surface area contributed by atoms with Crippen molar-refractivity contribution in [3.8, 4) is 6.07 Å². The molecule has 3 fully saturated rings. The number of nitrogens with zero attached hydrogens (tertiary/aromatic N) is 5. The molecule has 0 unspecified atom stereocenters. The largest absolute Gasteiger partial charge is 0.370 e. The summed E-state index contributed by atoms with van der Waals surface area (Å²) in [5.41, 5.74) is 2.58. The second-order valence-corrected chi connectivity index (χ2v) is 8.73. The van der Waals surface area contributed by atoms with Crippen molar-refractivity contribution in [2.24, 2.45) is 0 Å². The Balaban J connectivity index is 1.28. The molecule has 5 rings (SSSR count). The van der Waals surface area contributed by atoms with Crippen molar-refractivity contribution in [1.82, 2.24) is 14.8 Å². The molecule has 0 aliphatic carbocycles. The van der Waals surface area contributed by atoms with E-state index in [0.29, 0.717) is 5.56 Å². The van der Waals surface area contributed by atoms with Crippen molar-refractivity contribution in [1.29, 1.82) is 5.26 Å². The van der Waals surface area contributed by atoms with Crippen LogP contribution in [0, 0.1) is 11.3 Å². The van der Waals surface area contributed by atoms with Crippen molar-refractivity contribution in [2.75, 3.05) is 50.7 Å². The Morgan fingerprint density at radius 1 is 1.14 bits per heavy atom. The molecule has 0 bridgehead atoms. The van der Waals surface area contributed by atoms with Crippen LogP contribution >= 0.6 is 0 Å². The summed E-state index contributed by atoms with van der Waals surface area (Å²) in [5, 5.41) is 10.5. The molecule has 3 aliphatic rings. The third-order valence-electron chi connectivity index (χ3n) is 6.59. The Morgan fingerprint density at radius 2 is 1.97 bits per heavy atom. The number of fused-ring (bicyclic) bond motifs is 1. The molecule has 0 saturated carbocycles. The zero-order chi connectivity index (χ0) is 19.8. The van der Waals surface area contributed by atoms with Crippen LogP contribution in [-0.4, -0.2) is 78.8 Å². The molecule has 29 heavy (non-hydrogen) atoms. The highest BCUT2D eigenvalue weighted by Gasteiger charge is 2.36. The Labute approximate surface area is 172 Å². The lowest BCUT2D eigenvalue weighted by Gasteiger charge is -2.47. The Kier molecular flexibility index (Phi) is 5.13. The van der Waals surface area contributed by atoms with Crippen LogP contribution in [0.1, 0.15) is 25.3 Å². The number of rotatable bonds is 4. The van der Waals surface area contributed by atoms with Gasteiger partial charge >= 0.3 is 0 Å². The average molecular weight is 392 g/mol. The van der Waals surface area contributed by atoms with Crippen molar-refractivity contribution >= 4 is 16.6 Å². The molecular formula is C23H29N5O. The van der Waals surface area contributed by atoms with E-state index in [1.165, 1.54) is 39.0 Å². The van der Waals surface area contributed by atoms with Crippen molar-refractivity contribution in [3.05, 3.63) is 36.0 Å². The van der Waals surface area contributed by atoms with Gasteiger partial charge in [0, 0.05) is 56.0 Å². The third-order valence-corrected chi connectivity index (χ3v) is 6.59. The van der Waals surface area contributed by atoms with Gasteiger partial charge in [-0.15, -0.1) is 0 Å². The van der Waals surface area contributed by atoms with Crippen molar-refractivity contribution in [2.45, 2.75) is 38.0 Å². The predicted molar refractivity (Wildman–Crippen MR) is 114 cm³/mol. The highest BCUT2D eigenvalue weighted by Crippen LogP contribution is 2.31. The van der Waals surface area contributed by atoms with E-state index in [2.05, 4.69) is 44.8 Å². The third kappa shape index (κ3) is 3.71. The minimum absolute atomic E-state index is 0.187. The summed E-state index contributed by atoms with van der Waals surface area (Å²) in [6, 6.07) is 11.0. The Morgan fingerprint density at radius 3 is 2.76 bits per heavy atom. The first-order valence-electron chi connectivity index (χ1n) is 10.9. The van der Waals surface area contributed by atoms with E-state index in [0.717, 1.165) is 42.3 Å². The minimum Gasteiger partial charge on any atom is -0.370 e. The number of likely N-dealkylation sites (tertiary alicyclic amines) is 2. The highest BCUT2D eigenvalue weighted by atomic mass is 16.5. The number of pyridine rings is 1. The standard InChI is InChI=1S/C23H29N5O/c1-17-12-28(22-7-6-18(11-24)23-21(22)5-4-8-25-23)16-20(29-17)15-26-13-19(14-26)27-9-2-3-10-27/h4-8,17,19-20H,2-3,9-10,12-16H2,1H3/t17-,20-/m1/s1. The lowest BCUT2D eigenvalue weighted by Crippen LogP contribution is -2.61. The van der Waals surface area contributed by atoms with Gasteiger partial charge in [0.05, 0.1) is 23.3 Å². The first kappa shape index (κ1) is 18.8.